The van der Waals surface area contributed by atoms with Crippen LogP contribution in [0.5, 0.6) is 11.5 Å². The second-order valence-electron chi connectivity index (χ2n) is 8.66. The van der Waals surface area contributed by atoms with Crippen LogP contribution in [0.25, 0.3) is 10.9 Å². The molecule has 6 heteroatoms. The van der Waals surface area contributed by atoms with Crippen molar-refractivity contribution in [2.45, 2.75) is 37.0 Å². The second kappa shape index (κ2) is 6.77. The van der Waals surface area contributed by atoms with Gasteiger partial charge in [0, 0.05) is 29.6 Å². The number of ether oxygens (including phenoxy) is 2. The van der Waals surface area contributed by atoms with Gasteiger partial charge in [0.05, 0.1) is 5.41 Å². The predicted molar refractivity (Wildman–Crippen MR) is 117 cm³/mol. The van der Waals surface area contributed by atoms with Crippen molar-refractivity contribution in [3.63, 3.8) is 0 Å². The molecule has 2 fully saturated rings. The van der Waals surface area contributed by atoms with Gasteiger partial charge in [0.1, 0.15) is 0 Å². The highest BCUT2D eigenvalue weighted by atomic mass is 16.7. The van der Waals surface area contributed by atoms with Crippen molar-refractivity contribution >= 4 is 22.5 Å². The Balaban J connectivity index is 0.00000204. The van der Waals surface area contributed by atoms with E-state index in [1.807, 2.05) is 24.3 Å². The fourth-order valence-corrected chi connectivity index (χ4v) is 4.80. The minimum atomic E-state index is -0.464. The first-order valence-corrected chi connectivity index (χ1v) is 10.8. The van der Waals surface area contributed by atoms with Gasteiger partial charge in [0.25, 0.3) is 0 Å². The first-order valence-electron chi connectivity index (χ1n) is 10.8. The predicted octanol–water partition coefficient (Wildman–Crippen LogP) is 4.28. The van der Waals surface area contributed by atoms with Crippen LogP contribution in [0.3, 0.4) is 0 Å². The van der Waals surface area contributed by atoms with E-state index >= 15 is 0 Å². The Morgan fingerprint density at radius 2 is 1.87 bits per heavy atom. The van der Waals surface area contributed by atoms with E-state index in [9.17, 15) is 4.79 Å². The summed E-state index contributed by atoms with van der Waals surface area (Å²) in [5.74, 6) is 2.11. The average Bonchev–Trinajstić information content (AvgIpc) is 3.27. The van der Waals surface area contributed by atoms with Crippen molar-refractivity contribution in [2.24, 2.45) is 0 Å². The van der Waals surface area contributed by atoms with Crippen molar-refractivity contribution in [1.29, 1.82) is 0 Å². The number of anilines is 1. The number of hydrogen-bond acceptors (Lipinski definition) is 4. The summed E-state index contributed by atoms with van der Waals surface area (Å²) in [4.78, 5) is 16.8. The number of piperidine rings is 1. The number of carbonyl (C=O) groups is 1. The van der Waals surface area contributed by atoms with Crippen molar-refractivity contribution in [3.05, 3.63) is 53.7 Å². The van der Waals surface area contributed by atoms with E-state index in [2.05, 4.69) is 33.8 Å². The highest BCUT2D eigenvalue weighted by Gasteiger charge is 2.51. The number of amides is 1. The normalized spacial score (nSPS) is 19.7. The molecule has 6 nitrogen and oxygen atoms in total. The number of nitrogens with one attached hydrogen (secondary N) is 3. The van der Waals surface area contributed by atoms with Crippen molar-refractivity contribution in [3.8, 4) is 11.5 Å². The molecule has 156 valence electrons. The summed E-state index contributed by atoms with van der Waals surface area (Å²) in [5.41, 5.74) is 3.80. The third-order valence-corrected chi connectivity index (χ3v) is 6.79. The molecule has 1 aliphatic carbocycles. The Hall–Kier alpha value is -2.99. The van der Waals surface area contributed by atoms with Gasteiger partial charge in [-0.3, -0.25) is 4.79 Å². The maximum atomic E-state index is 13.2. The van der Waals surface area contributed by atoms with Gasteiger partial charge in [-0.1, -0.05) is 6.07 Å². The van der Waals surface area contributed by atoms with Gasteiger partial charge in [0.15, 0.2) is 11.5 Å². The summed E-state index contributed by atoms with van der Waals surface area (Å²) in [6.07, 6.45) is 4.03. The molecule has 1 saturated heterocycles. The van der Waals surface area contributed by atoms with E-state index in [1.54, 1.807) is 0 Å². The molecule has 1 aromatic heterocycles. The Bertz CT molecular complexity index is 1130. The number of hydrogen-bond donors (Lipinski definition) is 3. The minimum Gasteiger partial charge on any atom is -0.454 e. The highest BCUT2D eigenvalue weighted by molar-refractivity contribution is 6.02. The number of carbonyl (C=O) groups excluding carboxylic acids is 1. The van der Waals surface area contributed by atoms with Crippen LogP contribution in [0.4, 0.5) is 5.69 Å². The van der Waals surface area contributed by atoms with Gasteiger partial charge >= 0.3 is 0 Å². The van der Waals surface area contributed by atoms with E-state index in [-0.39, 0.29) is 14.1 Å². The molecule has 0 atom stereocenters. The highest BCUT2D eigenvalue weighted by Crippen LogP contribution is 2.51. The lowest BCUT2D eigenvalue weighted by Gasteiger charge is -2.21. The molecule has 3 heterocycles. The molecule has 6 rings (SSSR count). The molecule has 3 aliphatic rings. The number of aromatic nitrogens is 1. The molecule has 3 N–H and O–H groups in total. The molecule has 0 radical (unpaired) electrons. The number of H-pyrrole nitrogens is 1. The maximum absolute atomic E-state index is 13.2. The molecule has 30 heavy (non-hydrogen) atoms. The Morgan fingerprint density at radius 1 is 1.03 bits per heavy atom. The number of rotatable bonds is 4. The molecule has 2 aromatic carbocycles. The van der Waals surface area contributed by atoms with Crippen LogP contribution in [-0.2, 0) is 10.2 Å². The van der Waals surface area contributed by atoms with E-state index in [4.69, 9.17) is 9.47 Å². The fraction of sp³-hybridized carbons (Fsp3) is 0.375. The maximum Gasteiger partial charge on any atom is 0.235 e. The zero-order chi connectivity index (χ0) is 20.1. The molecular formula is C24H27N3O3. The van der Waals surface area contributed by atoms with E-state index in [0.29, 0.717) is 5.92 Å². The Kier molecular flexibility index (Phi) is 4.03. The molecule has 2 aliphatic heterocycles. The number of aromatic amines is 1. The second-order valence-corrected chi connectivity index (χ2v) is 8.66. The van der Waals surface area contributed by atoms with E-state index < -0.39 is 5.41 Å². The lowest BCUT2D eigenvalue weighted by Crippen LogP contribution is -2.27. The number of benzene rings is 2. The van der Waals surface area contributed by atoms with Gasteiger partial charge in [-0.25, -0.2) is 0 Å². The monoisotopic (exact) mass is 405 g/mol. The molecule has 0 bridgehead atoms. The topological polar surface area (TPSA) is 75.4 Å². The van der Waals surface area contributed by atoms with Crippen LogP contribution >= 0.6 is 0 Å². The molecule has 1 saturated carbocycles. The molecule has 1 amide bonds. The van der Waals surface area contributed by atoms with Crippen molar-refractivity contribution in [1.82, 2.24) is 10.3 Å². The standard InChI is InChI=1S/C24H25N3O3.H2/c28-23(24(7-8-24)17-1-4-21-22(13-17)30-14-29-21)26-18-2-3-19-16(11-18)12-20(27-19)15-5-9-25-10-6-15;/h1-4,11-13,15,25,27H,5-10,14H2,(H,26,28);1H. The third kappa shape index (κ3) is 2.94. The van der Waals surface area contributed by atoms with Crippen LogP contribution in [0.2, 0.25) is 0 Å². The molecule has 0 spiro atoms. The molecular weight excluding hydrogens is 378 g/mol. The quantitative estimate of drug-likeness (QED) is 0.606. The summed E-state index contributed by atoms with van der Waals surface area (Å²) in [6, 6.07) is 14.2. The summed E-state index contributed by atoms with van der Waals surface area (Å²) >= 11 is 0. The van der Waals surface area contributed by atoms with Crippen LogP contribution < -0.4 is 20.1 Å². The molecule has 0 unspecified atom stereocenters. The zero-order valence-electron chi connectivity index (χ0n) is 16.8. The Morgan fingerprint density at radius 3 is 2.70 bits per heavy atom. The van der Waals surface area contributed by atoms with Crippen LogP contribution in [-0.4, -0.2) is 30.8 Å². The van der Waals surface area contributed by atoms with Crippen LogP contribution in [0, 0.1) is 0 Å². The lowest BCUT2D eigenvalue weighted by molar-refractivity contribution is -0.118. The summed E-state index contributed by atoms with van der Waals surface area (Å²) in [5, 5.41) is 7.72. The van der Waals surface area contributed by atoms with Gasteiger partial charge in [-0.05, 0) is 80.7 Å². The summed E-state index contributed by atoms with van der Waals surface area (Å²) in [6.45, 7) is 2.39. The minimum absolute atomic E-state index is 0. The van der Waals surface area contributed by atoms with E-state index in [1.165, 1.54) is 5.69 Å². The Labute approximate surface area is 176 Å². The van der Waals surface area contributed by atoms with Crippen molar-refractivity contribution in [2.75, 3.05) is 25.2 Å². The fourth-order valence-electron chi connectivity index (χ4n) is 4.80. The van der Waals surface area contributed by atoms with Crippen LogP contribution in [0.1, 0.15) is 44.3 Å². The first-order chi connectivity index (χ1) is 14.7. The lowest BCUT2D eigenvalue weighted by atomic mass is 9.94. The van der Waals surface area contributed by atoms with Gasteiger partial charge in [-0.15, -0.1) is 0 Å². The van der Waals surface area contributed by atoms with Gasteiger partial charge < -0.3 is 25.1 Å². The SMILES string of the molecule is O=C(Nc1ccc2[nH]c(C3CCNCC3)cc2c1)C1(c2ccc3c(c2)OCO3)CC1.[HH]. The van der Waals surface area contributed by atoms with Crippen LogP contribution in [0.15, 0.2) is 42.5 Å². The zero-order valence-corrected chi connectivity index (χ0v) is 16.8. The van der Waals surface area contributed by atoms with Crippen molar-refractivity contribution < 1.29 is 15.7 Å². The average molecular weight is 405 g/mol. The molecule has 3 aromatic rings. The smallest absolute Gasteiger partial charge is 0.235 e. The third-order valence-electron chi connectivity index (χ3n) is 6.79. The number of fused-ring (bicyclic) bond motifs is 2. The van der Waals surface area contributed by atoms with Gasteiger partial charge in [-0.2, -0.15) is 0 Å². The largest absolute Gasteiger partial charge is 0.454 e. The summed E-state index contributed by atoms with van der Waals surface area (Å²) < 4.78 is 10.9. The van der Waals surface area contributed by atoms with E-state index in [0.717, 1.165) is 72.4 Å². The summed E-state index contributed by atoms with van der Waals surface area (Å²) in [7, 11) is 0. The van der Waals surface area contributed by atoms with Gasteiger partial charge in [0.2, 0.25) is 12.7 Å². The first kappa shape index (κ1) is 17.8.